The number of nitrogens with one attached hydrogen (secondary N) is 2. The molecule has 4 heterocycles. The molecule has 3 aromatic rings. The number of aryl methyl sites for hydroxylation is 1. The molecule has 0 radical (unpaired) electrons. The van der Waals surface area contributed by atoms with Gasteiger partial charge in [0.05, 0.1) is 11.9 Å². The molecule has 0 aromatic carbocycles. The van der Waals surface area contributed by atoms with Crippen molar-refractivity contribution in [1.82, 2.24) is 29.8 Å². The number of amides is 1. The van der Waals surface area contributed by atoms with Crippen LogP contribution in [0, 0.1) is 11.3 Å². The highest BCUT2D eigenvalue weighted by Gasteiger charge is 2.22. The summed E-state index contributed by atoms with van der Waals surface area (Å²) in [4.78, 5) is 35.5. The molecule has 0 unspecified atom stereocenters. The summed E-state index contributed by atoms with van der Waals surface area (Å²) in [6.45, 7) is 5.65. The number of fused-ring (bicyclic) bond motifs is 1. The van der Waals surface area contributed by atoms with E-state index in [0.29, 0.717) is 18.5 Å². The van der Waals surface area contributed by atoms with E-state index in [1.807, 2.05) is 6.92 Å². The van der Waals surface area contributed by atoms with Gasteiger partial charge in [0.2, 0.25) is 0 Å². The molecule has 1 aliphatic rings. The van der Waals surface area contributed by atoms with Crippen LogP contribution in [0.3, 0.4) is 0 Å². The van der Waals surface area contributed by atoms with Gasteiger partial charge in [0.15, 0.2) is 5.69 Å². The van der Waals surface area contributed by atoms with Gasteiger partial charge < -0.3 is 15.2 Å². The van der Waals surface area contributed by atoms with Crippen molar-refractivity contribution in [3.63, 3.8) is 0 Å². The Labute approximate surface area is 179 Å². The molecule has 1 aliphatic heterocycles. The standard InChI is InChI=1S/C21H24N8O2/c1-3-14-13-29-19(26-20(14)30)15(11-24-29)12-27-6-8-28(9-7-27)18-5-4-16(21(31)23-2)25-17(18)10-22/h4-5,11,13H,3,6-9,12H2,1-2H3,(H,23,31)(H,26,30). The predicted molar refractivity (Wildman–Crippen MR) is 115 cm³/mol. The quantitative estimate of drug-likeness (QED) is 0.617. The molecule has 2 N–H and O–H groups in total. The lowest BCUT2D eigenvalue weighted by Gasteiger charge is -2.36. The molecule has 0 bridgehead atoms. The number of aromatic nitrogens is 4. The topological polar surface area (TPSA) is 122 Å². The summed E-state index contributed by atoms with van der Waals surface area (Å²) in [5.41, 5.74) is 3.56. The maximum Gasteiger partial charge on any atom is 0.269 e. The minimum atomic E-state index is -0.314. The number of carbonyl (C=O) groups is 1. The van der Waals surface area contributed by atoms with E-state index in [9.17, 15) is 14.9 Å². The Bertz CT molecular complexity index is 1210. The number of nitrogens with zero attached hydrogens (tertiary/aromatic N) is 6. The average molecular weight is 420 g/mol. The van der Waals surface area contributed by atoms with E-state index in [1.165, 1.54) is 7.05 Å². The highest BCUT2D eigenvalue weighted by atomic mass is 16.1. The summed E-state index contributed by atoms with van der Waals surface area (Å²) in [5, 5.41) is 16.4. The Balaban J connectivity index is 1.46. The van der Waals surface area contributed by atoms with Crippen molar-refractivity contribution in [3.05, 3.63) is 57.4 Å². The first-order chi connectivity index (χ1) is 15.0. The Hall–Kier alpha value is -3.71. The maximum atomic E-state index is 12.2. The van der Waals surface area contributed by atoms with E-state index < -0.39 is 0 Å². The van der Waals surface area contributed by atoms with Crippen molar-refractivity contribution < 1.29 is 4.79 Å². The fourth-order valence-electron chi connectivity index (χ4n) is 3.83. The molecular formula is C21H24N8O2. The van der Waals surface area contributed by atoms with Crippen molar-refractivity contribution in [3.8, 4) is 6.07 Å². The summed E-state index contributed by atoms with van der Waals surface area (Å²) in [7, 11) is 1.53. The predicted octanol–water partition coefficient (Wildman–Crippen LogP) is 0.533. The van der Waals surface area contributed by atoms with Crippen molar-refractivity contribution in [2.24, 2.45) is 0 Å². The van der Waals surface area contributed by atoms with E-state index in [4.69, 9.17) is 0 Å². The SMILES string of the molecule is CCc1cn2ncc(CN3CCN(c4ccc(C(=O)NC)nc4C#N)CC3)c2[nH]c1=O. The number of rotatable bonds is 5. The molecule has 0 aliphatic carbocycles. The van der Waals surface area contributed by atoms with Gasteiger partial charge in [0, 0.05) is 57.1 Å². The summed E-state index contributed by atoms with van der Waals surface area (Å²) in [6, 6.07) is 5.53. The van der Waals surface area contributed by atoms with Gasteiger partial charge in [-0.25, -0.2) is 9.50 Å². The first kappa shape index (κ1) is 20.6. The molecule has 4 rings (SSSR count). The van der Waals surface area contributed by atoms with Crippen LogP contribution in [0.5, 0.6) is 0 Å². The van der Waals surface area contributed by atoms with E-state index in [1.54, 1.807) is 29.0 Å². The Morgan fingerprint density at radius 2 is 2.03 bits per heavy atom. The van der Waals surface area contributed by atoms with Gasteiger partial charge >= 0.3 is 0 Å². The molecular weight excluding hydrogens is 396 g/mol. The number of aromatic amines is 1. The lowest BCUT2D eigenvalue weighted by atomic mass is 10.2. The molecule has 1 saturated heterocycles. The number of carbonyl (C=O) groups excluding carboxylic acids is 1. The number of anilines is 1. The highest BCUT2D eigenvalue weighted by molar-refractivity contribution is 5.92. The molecule has 1 amide bonds. The smallest absolute Gasteiger partial charge is 0.269 e. The molecule has 31 heavy (non-hydrogen) atoms. The van der Waals surface area contributed by atoms with Crippen LogP contribution in [0.2, 0.25) is 0 Å². The molecule has 10 nitrogen and oxygen atoms in total. The fraction of sp³-hybridized carbons (Fsp3) is 0.381. The zero-order chi connectivity index (χ0) is 22.0. The van der Waals surface area contributed by atoms with Gasteiger partial charge in [-0.1, -0.05) is 6.92 Å². The lowest BCUT2D eigenvalue weighted by molar-refractivity contribution is 0.0958. The molecule has 10 heteroatoms. The lowest BCUT2D eigenvalue weighted by Crippen LogP contribution is -2.46. The van der Waals surface area contributed by atoms with Crippen LogP contribution in [-0.4, -0.2) is 63.6 Å². The largest absolute Gasteiger partial charge is 0.367 e. The number of H-pyrrole nitrogens is 1. The number of nitriles is 1. The summed E-state index contributed by atoms with van der Waals surface area (Å²) in [5.74, 6) is -0.314. The Morgan fingerprint density at radius 1 is 1.26 bits per heavy atom. The van der Waals surface area contributed by atoms with Crippen LogP contribution in [0.1, 0.15) is 34.2 Å². The average Bonchev–Trinajstić information content (AvgIpc) is 3.19. The third kappa shape index (κ3) is 4.00. The number of piperazine rings is 1. The maximum absolute atomic E-state index is 12.2. The van der Waals surface area contributed by atoms with E-state index >= 15 is 0 Å². The highest BCUT2D eigenvalue weighted by Crippen LogP contribution is 2.21. The first-order valence-corrected chi connectivity index (χ1v) is 10.2. The van der Waals surface area contributed by atoms with Gasteiger partial charge in [-0.15, -0.1) is 0 Å². The van der Waals surface area contributed by atoms with Crippen molar-refractivity contribution in [2.45, 2.75) is 19.9 Å². The first-order valence-electron chi connectivity index (χ1n) is 10.2. The molecule has 0 spiro atoms. The van der Waals surface area contributed by atoms with Gasteiger partial charge in [-0.05, 0) is 18.6 Å². The molecule has 0 saturated carbocycles. The zero-order valence-electron chi connectivity index (χ0n) is 17.6. The summed E-state index contributed by atoms with van der Waals surface area (Å²) >= 11 is 0. The van der Waals surface area contributed by atoms with Gasteiger partial charge in [-0.3, -0.25) is 14.5 Å². The van der Waals surface area contributed by atoms with Crippen molar-refractivity contribution in [1.29, 1.82) is 5.26 Å². The Kier molecular flexibility index (Phi) is 5.68. The van der Waals surface area contributed by atoms with Crippen molar-refractivity contribution >= 4 is 17.2 Å². The third-order valence-corrected chi connectivity index (χ3v) is 5.60. The number of pyridine rings is 1. The normalized spacial score (nSPS) is 14.5. The second kappa shape index (κ2) is 8.57. The fourth-order valence-corrected chi connectivity index (χ4v) is 3.83. The van der Waals surface area contributed by atoms with Gasteiger partial charge in [0.1, 0.15) is 17.4 Å². The van der Waals surface area contributed by atoms with E-state index in [-0.39, 0.29) is 22.9 Å². The van der Waals surface area contributed by atoms with Crippen LogP contribution in [0.15, 0.2) is 29.3 Å². The molecule has 3 aromatic heterocycles. The summed E-state index contributed by atoms with van der Waals surface area (Å²) in [6.07, 6.45) is 4.24. The minimum absolute atomic E-state index is 0.0710. The molecule has 1 fully saturated rings. The zero-order valence-corrected chi connectivity index (χ0v) is 17.6. The van der Waals surface area contributed by atoms with Crippen molar-refractivity contribution in [2.75, 3.05) is 38.1 Å². The molecule has 0 atom stereocenters. The minimum Gasteiger partial charge on any atom is -0.367 e. The van der Waals surface area contributed by atoms with Crippen LogP contribution in [-0.2, 0) is 13.0 Å². The monoisotopic (exact) mass is 420 g/mol. The molecule has 160 valence electrons. The second-order valence-electron chi connectivity index (χ2n) is 7.44. The van der Waals surface area contributed by atoms with Crippen LogP contribution in [0.25, 0.3) is 5.65 Å². The van der Waals surface area contributed by atoms with Crippen LogP contribution in [0.4, 0.5) is 5.69 Å². The summed E-state index contributed by atoms with van der Waals surface area (Å²) < 4.78 is 1.73. The number of hydrogen-bond acceptors (Lipinski definition) is 7. The van der Waals surface area contributed by atoms with Gasteiger partial charge in [0.25, 0.3) is 11.5 Å². The van der Waals surface area contributed by atoms with Gasteiger partial charge in [-0.2, -0.15) is 10.4 Å². The van der Waals surface area contributed by atoms with E-state index in [0.717, 1.165) is 43.1 Å². The Morgan fingerprint density at radius 3 is 2.71 bits per heavy atom. The number of hydrogen-bond donors (Lipinski definition) is 2. The van der Waals surface area contributed by atoms with E-state index in [2.05, 4.69) is 36.3 Å². The second-order valence-corrected chi connectivity index (χ2v) is 7.44. The third-order valence-electron chi connectivity index (χ3n) is 5.60. The van der Waals surface area contributed by atoms with Crippen LogP contribution < -0.4 is 15.8 Å². The van der Waals surface area contributed by atoms with Crippen LogP contribution >= 0.6 is 0 Å².